The van der Waals surface area contributed by atoms with E-state index in [2.05, 4.69) is 15.3 Å². The summed E-state index contributed by atoms with van der Waals surface area (Å²) in [5.74, 6) is 0.596. The molecular formula is C8H10N4OS. The van der Waals surface area contributed by atoms with Crippen molar-refractivity contribution in [2.75, 3.05) is 24.9 Å². The van der Waals surface area contributed by atoms with Gasteiger partial charge in [-0.3, -0.25) is 4.79 Å². The smallest absolute Gasteiger partial charge is 0.258 e. The van der Waals surface area contributed by atoms with Gasteiger partial charge in [-0.2, -0.15) is 0 Å². The minimum atomic E-state index is -0.106. The van der Waals surface area contributed by atoms with Gasteiger partial charge >= 0.3 is 0 Å². The summed E-state index contributed by atoms with van der Waals surface area (Å²) >= 11 is 1.46. The standard InChI is InChI=1S/C8H10N4OS/c1-12-4-10-7(13)5-3-9-8(14-2)11-6(5)12/h3H,4H2,1-2H3,(H,10,13). The molecule has 0 saturated carbocycles. The fourth-order valence-corrected chi connectivity index (χ4v) is 1.60. The maximum Gasteiger partial charge on any atom is 0.258 e. The zero-order chi connectivity index (χ0) is 10.1. The van der Waals surface area contributed by atoms with E-state index in [-0.39, 0.29) is 5.91 Å². The van der Waals surface area contributed by atoms with Crippen molar-refractivity contribution in [3.63, 3.8) is 0 Å². The maximum atomic E-state index is 11.4. The Bertz CT molecular complexity index is 382. The highest BCUT2D eigenvalue weighted by molar-refractivity contribution is 7.98. The molecule has 5 nitrogen and oxygen atoms in total. The van der Waals surface area contributed by atoms with Crippen LogP contribution in [0, 0.1) is 0 Å². The van der Waals surface area contributed by atoms with E-state index < -0.39 is 0 Å². The number of rotatable bonds is 1. The predicted molar refractivity (Wildman–Crippen MR) is 54.5 cm³/mol. The molecule has 6 heteroatoms. The van der Waals surface area contributed by atoms with E-state index in [1.165, 1.54) is 11.8 Å². The second-order valence-electron chi connectivity index (χ2n) is 2.96. The number of nitrogens with zero attached hydrogens (tertiary/aromatic N) is 3. The second kappa shape index (κ2) is 3.45. The van der Waals surface area contributed by atoms with Crippen LogP contribution in [0.15, 0.2) is 11.4 Å². The Morgan fingerprint density at radius 3 is 3.14 bits per heavy atom. The van der Waals surface area contributed by atoms with Gasteiger partial charge in [-0.25, -0.2) is 9.97 Å². The van der Waals surface area contributed by atoms with Gasteiger partial charge < -0.3 is 10.2 Å². The van der Waals surface area contributed by atoms with Crippen molar-refractivity contribution in [3.05, 3.63) is 11.8 Å². The van der Waals surface area contributed by atoms with Gasteiger partial charge in [-0.05, 0) is 6.26 Å². The summed E-state index contributed by atoms with van der Waals surface area (Å²) in [5.41, 5.74) is 0.538. The fourth-order valence-electron chi connectivity index (χ4n) is 1.27. The van der Waals surface area contributed by atoms with Gasteiger partial charge in [0.05, 0.1) is 6.67 Å². The number of aromatic nitrogens is 2. The van der Waals surface area contributed by atoms with Crippen LogP contribution in [0.5, 0.6) is 0 Å². The number of hydrogen-bond donors (Lipinski definition) is 1. The Kier molecular flexibility index (Phi) is 2.28. The van der Waals surface area contributed by atoms with E-state index >= 15 is 0 Å². The Balaban J connectivity index is 2.50. The highest BCUT2D eigenvalue weighted by Crippen LogP contribution is 2.21. The van der Waals surface area contributed by atoms with Crippen molar-refractivity contribution in [2.45, 2.75) is 5.16 Å². The molecular weight excluding hydrogens is 200 g/mol. The van der Waals surface area contributed by atoms with E-state index in [0.29, 0.717) is 23.2 Å². The summed E-state index contributed by atoms with van der Waals surface area (Å²) < 4.78 is 0. The van der Waals surface area contributed by atoms with Crippen molar-refractivity contribution < 1.29 is 4.79 Å². The summed E-state index contributed by atoms with van der Waals surface area (Å²) in [5, 5.41) is 3.41. The first-order chi connectivity index (χ1) is 6.72. The number of nitrogens with one attached hydrogen (secondary N) is 1. The molecule has 0 atom stereocenters. The molecule has 2 rings (SSSR count). The largest absolute Gasteiger partial charge is 0.341 e. The normalized spacial score (nSPS) is 15.0. The molecule has 0 saturated heterocycles. The Labute approximate surface area is 85.9 Å². The average molecular weight is 210 g/mol. The second-order valence-corrected chi connectivity index (χ2v) is 3.73. The van der Waals surface area contributed by atoms with E-state index in [0.717, 1.165) is 0 Å². The molecule has 1 amide bonds. The topological polar surface area (TPSA) is 58.1 Å². The van der Waals surface area contributed by atoms with Crippen molar-refractivity contribution in [1.29, 1.82) is 0 Å². The SMILES string of the molecule is CSc1ncc2c(n1)N(C)CNC2=O. The van der Waals surface area contributed by atoms with Crippen LogP contribution in [0.4, 0.5) is 5.82 Å². The highest BCUT2D eigenvalue weighted by atomic mass is 32.2. The fraction of sp³-hybridized carbons (Fsp3) is 0.375. The summed E-state index contributed by atoms with van der Waals surface area (Å²) in [6.07, 6.45) is 3.48. The first-order valence-electron chi connectivity index (χ1n) is 4.12. The van der Waals surface area contributed by atoms with Gasteiger partial charge in [0.25, 0.3) is 5.91 Å². The van der Waals surface area contributed by atoms with Crippen molar-refractivity contribution in [3.8, 4) is 0 Å². The molecule has 1 N–H and O–H groups in total. The van der Waals surface area contributed by atoms with Crippen LogP contribution in [0.2, 0.25) is 0 Å². The third kappa shape index (κ3) is 1.41. The zero-order valence-corrected chi connectivity index (χ0v) is 8.76. The molecule has 74 valence electrons. The van der Waals surface area contributed by atoms with Crippen LogP contribution < -0.4 is 10.2 Å². The van der Waals surface area contributed by atoms with Crippen molar-refractivity contribution in [2.24, 2.45) is 0 Å². The molecule has 0 spiro atoms. The summed E-state index contributed by atoms with van der Waals surface area (Å²) in [7, 11) is 1.88. The van der Waals surface area contributed by atoms with Gasteiger partial charge in [0.1, 0.15) is 11.4 Å². The first-order valence-corrected chi connectivity index (χ1v) is 5.35. The van der Waals surface area contributed by atoms with Crippen LogP contribution in [0.25, 0.3) is 0 Å². The van der Waals surface area contributed by atoms with Crippen molar-refractivity contribution in [1.82, 2.24) is 15.3 Å². The molecule has 1 aromatic heterocycles. The average Bonchev–Trinajstić information content (AvgIpc) is 2.23. The van der Waals surface area contributed by atoms with Crippen LogP contribution in [-0.2, 0) is 0 Å². The van der Waals surface area contributed by atoms with Crippen LogP contribution in [0.1, 0.15) is 10.4 Å². The lowest BCUT2D eigenvalue weighted by atomic mass is 10.2. The van der Waals surface area contributed by atoms with Crippen LogP contribution in [-0.4, -0.2) is 35.8 Å². The third-order valence-corrected chi connectivity index (χ3v) is 2.57. The monoisotopic (exact) mass is 210 g/mol. The molecule has 1 aliphatic rings. The quantitative estimate of drug-likeness (QED) is 0.535. The predicted octanol–water partition coefficient (Wildman–Crippen LogP) is 0.336. The minimum Gasteiger partial charge on any atom is -0.341 e. The van der Waals surface area contributed by atoms with E-state index in [1.54, 1.807) is 6.20 Å². The van der Waals surface area contributed by atoms with E-state index in [9.17, 15) is 4.79 Å². The molecule has 1 aliphatic heterocycles. The van der Waals surface area contributed by atoms with Gasteiger partial charge in [-0.1, -0.05) is 11.8 Å². The summed E-state index contributed by atoms with van der Waals surface area (Å²) in [4.78, 5) is 21.6. The van der Waals surface area contributed by atoms with Gasteiger partial charge in [0, 0.05) is 13.2 Å². The zero-order valence-electron chi connectivity index (χ0n) is 7.94. The molecule has 0 unspecified atom stereocenters. The molecule has 0 fully saturated rings. The number of fused-ring (bicyclic) bond motifs is 1. The third-order valence-electron chi connectivity index (χ3n) is 2.01. The molecule has 0 aliphatic carbocycles. The Morgan fingerprint density at radius 1 is 1.64 bits per heavy atom. The van der Waals surface area contributed by atoms with Gasteiger partial charge in [0.15, 0.2) is 5.16 Å². The van der Waals surface area contributed by atoms with Gasteiger partial charge in [-0.15, -0.1) is 0 Å². The molecule has 1 aromatic rings. The summed E-state index contributed by atoms with van der Waals surface area (Å²) in [6, 6.07) is 0. The molecule has 0 aromatic carbocycles. The number of amides is 1. The number of carbonyl (C=O) groups is 1. The van der Waals surface area contributed by atoms with Crippen LogP contribution in [0.3, 0.4) is 0 Å². The summed E-state index contributed by atoms with van der Waals surface area (Å²) in [6.45, 7) is 0.497. The lowest BCUT2D eigenvalue weighted by Crippen LogP contribution is -2.42. The van der Waals surface area contributed by atoms with Gasteiger partial charge in [0.2, 0.25) is 0 Å². The molecule has 2 heterocycles. The van der Waals surface area contributed by atoms with Crippen molar-refractivity contribution >= 4 is 23.5 Å². The Hall–Kier alpha value is -1.30. The number of hydrogen-bond acceptors (Lipinski definition) is 5. The first kappa shape index (κ1) is 9.26. The number of carbonyl (C=O) groups excluding carboxylic acids is 1. The number of anilines is 1. The molecule has 14 heavy (non-hydrogen) atoms. The maximum absolute atomic E-state index is 11.4. The lowest BCUT2D eigenvalue weighted by Gasteiger charge is -2.25. The molecule has 0 bridgehead atoms. The highest BCUT2D eigenvalue weighted by Gasteiger charge is 2.22. The van der Waals surface area contributed by atoms with E-state index in [1.807, 2.05) is 18.2 Å². The van der Waals surface area contributed by atoms with Crippen LogP contribution >= 0.6 is 11.8 Å². The molecule has 0 radical (unpaired) electrons. The Morgan fingerprint density at radius 2 is 2.43 bits per heavy atom. The lowest BCUT2D eigenvalue weighted by molar-refractivity contribution is 0.0947. The minimum absolute atomic E-state index is 0.106. The number of thioether (sulfide) groups is 1. The van der Waals surface area contributed by atoms with E-state index in [4.69, 9.17) is 0 Å².